The van der Waals surface area contributed by atoms with E-state index in [0.29, 0.717) is 19.3 Å². The van der Waals surface area contributed by atoms with Crippen LogP contribution in [0.2, 0.25) is 0 Å². The van der Waals surface area contributed by atoms with Crippen molar-refractivity contribution in [1.82, 2.24) is 0 Å². The fourth-order valence-electron chi connectivity index (χ4n) is 10.1. The molecular weight excluding hydrogens is 905 g/mol. The first-order valence-electron chi connectivity index (χ1n) is 23.3. The molecule has 0 aromatic heterocycles. The van der Waals surface area contributed by atoms with Gasteiger partial charge in [-0.3, -0.25) is 29.7 Å². The minimum absolute atomic E-state index is 0.00507. The number of nitro groups is 1. The van der Waals surface area contributed by atoms with Crippen molar-refractivity contribution in [3.63, 3.8) is 0 Å². The molecule has 0 saturated carbocycles. The van der Waals surface area contributed by atoms with Crippen molar-refractivity contribution in [2.75, 3.05) is 12.4 Å². The van der Waals surface area contributed by atoms with Gasteiger partial charge in [-0.05, 0) is 70.9 Å². The van der Waals surface area contributed by atoms with Gasteiger partial charge in [0.25, 0.3) is 17.4 Å². The van der Waals surface area contributed by atoms with Crippen LogP contribution in [0, 0.1) is 40.7 Å². The summed E-state index contributed by atoms with van der Waals surface area (Å²) in [6, 6.07) is 4.99. The zero-order valence-corrected chi connectivity index (χ0v) is 40.7. The lowest BCUT2D eigenvalue weighted by atomic mass is 9.77. The number of hydrogen-bond acceptors (Lipinski definition) is 16. The van der Waals surface area contributed by atoms with Gasteiger partial charge in [0, 0.05) is 72.8 Å². The number of carbonyl (C=O) groups excluding carboxylic acids is 3. The van der Waals surface area contributed by atoms with Crippen molar-refractivity contribution < 1.29 is 62.7 Å². The van der Waals surface area contributed by atoms with Crippen molar-refractivity contribution in [1.29, 1.82) is 0 Å². The summed E-state index contributed by atoms with van der Waals surface area (Å²) in [7, 11) is 1.46. The van der Waals surface area contributed by atoms with Gasteiger partial charge < -0.3 is 48.7 Å². The smallest absolute Gasteiger partial charge is 0.507 e. The molecule has 370 valence electrons. The van der Waals surface area contributed by atoms with Gasteiger partial charge in [0.15, 0.2) is 17.2 Å². The SMILES string of the molecule is CO[C@H]1/C=C/O[C@@]2(C)Oc3c(C)c(O)c4c(O)c(c5c(c4c3C2=O)=NC2(CC=C=CCC2)N=5)NC(=O)/C(C)=C\C=C\[C@H](C)[C@@H]2OC(C)(C)O[C@@H]([C@@H](C)[C@H](OC(=O)Oc3ccc([N+](=O)[O-])cc3)[C@@H]1C)[C@@H]2C. The number of allylic oxidation sites excluding steroid dienone is 2. The number of ether oxygens (including phenoxy) is 7. The molecule has 9 rings (SSSR count). The van der Waals surface area contributed by atoms with Crippen molar-refractivity contribution >= 4 is 40.0 Å². The molecule has 1 fully saturated rings. The summed E-state index contributed by atoms with van der Waals surface area (Å²) < 4.78 is 43.4. The minimum atomic E-state index is -2.02. The van der Waals surface area contributed by atoms with E-state index in [1.165, 1.54) is 51.5 Å². The number of non-ortho nitro benzene ring substituents is 1. The first kappa shape index (κ1) is 49.6. The van der Waals surface area contributed by atoms with E-state index >= 15 is 0 Å². The average molecular weight is 963 g/mol. The van der Waals surface area contributed by atoms with Crippen molar-refractivity contribution in [2.45, 2.75) is 123 Å². The van der Waals surface area contributed by atoms with Crippen LogP contribution < -0.4 is 25.5 Å². The maximum absolute atomic E-state index is 14.9. The number of nitrogens with one attached hydrogen (secondary N) is 1. The number of phenolic OH excluding ortho intramolecular Hbond substituents is 2. The summed E-state index contributed by atoms with van der Waals surface area (Å²) in [5, 5.41) is 38.5. The number of rotatable bonds is 4. The number of benzene rings is 3. The summed E-state index contributed by atoms with van der Waals surface area (Å²) in [5.74, 6) is -7.02. The molecule has 5 heterocycles. The lowest BCUT2D eigenvalue weighted by molar-refractivity contribution is -0.384. The Morgan fingerprint density at radius 1 is 0.929 bits per heavy atom. The molecule has 18 nitrogen and oxygen atoms in total. The lowest BCUT2D eigenvalue weighted by Crippen LogP contribution is -2.56. The summed E-state index contributed by atoms with van der Waals surface area (Å²) in [5.41, 5.74) is 2.17. The molecule has 3 aromatic carbocycles. The van der Waals surface area contributed by atoms with Gasteiger partial charge in [0.05, 0.1) is 45.8 Å². The number of carbonyl (C=O) groups is 3. The number of methoxy groups -OCH3 is 1. The molecule has 1 unspecified atom stereocenters. The van der Waals surface area contributed by atoms with Crippen LogP contribution in [0.15, 0.2) is 88.3 Å². The number of ketones is 1. The van der Waals surface area contributed by atoms with Crippen LogP contribution in [0.4, 0.5) is 16.2 Å². The number of nitro benzene ring substituents is 1. The van der Waals surface area contributed by atoms with E-state index in [1.54, 1.807) is 39.0 Å². The third-order valence-corrected chi connectivity index (χ3v) is 13.9. The monoisotopic (exact) mass is 962 g/mol. The number of nitrogens with zero attached hydrogens (tertiary/aromatic N) is 3. The van der Waals surface area contributed by atoms with Crippen molar-refractivity contribution in [2.24, 2.45) is 33.7 Å². The average Bonchev–Trinajstić information content (AvgIpc) is 3.70. The molecule has 3 N–H and O–H groups in total. The first-order valence-corrected chi connectivity index (χ1v) is 23.3. The molecule has 6 aliphatic rings. The van der Waals surface area contributed by atoms with Crippen molar-refractivity contribution in [3.8, 4) is 23.0 Å². The fourth-order valence-corrected chi connectivity index (χ4v) is 10.1. The lowest BCUT2D eigenvalue weighted by Gasteiger charge is -2.50. The normalized spacial score (nSPS) is 32.1. The van der Waals surface area contributed by atoms with Crippen LogP contribution in [0.25, 0.3) is 10.8 Å². The van der Waals surface area contributed by atoms with E-state index in [-0.39, 0.29) is 72.9 Å². The molecule has 1 saturated heterocycles. The van der Waals surface area contributed by atoms with Crippen LogP contribution in [0.3, 0.4) is 0 Å². The van der Waals surface area contributed by atoms with Gasteiger partial charge >= 0.3 is 11.9 Å². The van der Waals surface area contributed by atoms with Crippen LogP contribution in [0.1, 0.15) is 90.6 Å². The molecule has 0 radical (unpaired) electrons. The van der Waals surface area contributed by atoms with E-state index < -0.39 is 87.8 Å². The Labute approximate surface area is 404 Å². The van der Waals surface area contributed by atoms with E-state index in [0.717, 1.165) is 0 Å². The van der Waals surface area contributed by atoms with Gasteiger partial charge in [-0.2, -0.15) is 0 Å². The molecule has 7 bridgehead atoms. The molecule has 5 aliphatic heterocycles. The van der Waals surface area contributed by atoms with Crippen LogP contribution in [0.5, 0.6) is 23.0 Å². The molecule has 3 aromatic rings. The van der Waals surface area contributed by atoms with Gasteiger partial charge in [-0.1, -0.05) is 45.9 Å². The molecule has 1 spiro atoms. The standard InChI is InChI=1S/C52H58N4O14/c1-26-16-15-17-27(2)48(60)53-40-39-38(54-52(55-39)23-13-11-12-14-24-52)35-36(42(40)58)41(57)29(4)46-37(35)47(59)51(9,70-46)65-25-22-34(64-10)28(3)44(31(6)45-30(5)43(26)68-50(7,8)69-45)67-49(61)66-33-20-18-32(19-21-33)56(62)63/h11,14-22,25-26,28,30-31,34,43-45,57-58H,13,23-24H2,1-10H3,(H,53,60)/b16-15+,25-22+,27-17-/t26-,28+,30+,31-,34-,43-,44+,45+,51-,52?/m0/s1. The number of phenols is 2. The second-order valence-corrected chi connectivity index (χ2v) is 19.3. The highest BCUT2D eigenvalue weighted by Crippen LogP contribution is 2.50. The summed E-state index contributed by atoms with van der Waals surface area (Å²) >= 11 is 0. The maximum Gasteiger partial charge on any atom is 0.514 e. The van der Waals surface area contributed by atoms with Crippen LogP contribution >= 0.6 is 0 Å². The van der Waals surface area contributed by atoms with Gasteiger partial charge in [0.2, 0.25) is 0 Å². The van der Waals surface area contributed by atoms with Gasteiger partial charge in [0.1, 0.15) is 34.4 Å². The zero-order valence-electron chi connectivity index (χ0n) is 40.7. The maximum atomic E-state index is 14.9. The number of hydrogen-bond donors (Lipinski definition) is 3. The molecule has 1 amide bonds. The molecule has 18 heteroatoms. The van der Waals surface area contributed by atoms with Crippen LogP contribution in [-0.2, 0) is 28.5 Å². The summed E-state index contributed by atoms with van der Waals surface area (Å²) in [4.78, 5) is 63.5. The number of Topliss-reactive ketones (excluding diaryl/α,β-unsaturated/α-hetero) is 1. The highest BCUT2D eigenvalue weighted by molar-refractivity contribution is 6.19. The third-order valence-electron chi connectivity index (χ3n) is 13.9. The predicted molar refractivity (Wildman–Crippen MR) is 254 cm³/mol. The Morgan fingerprint density at radius 3 is 2.33 bits per heavy atom. The van der Waals surface area contributed by atoms with E-state index in [4.69, 9.17) is 43.1 Å². The zero-order chi connectivity index (χ0) is 50.6. The molecule has 70 heavy (non-hydrogen) atoms. The highest BCUT2D eigenvalue weighted by atomic mass is 16.7. The summed E-state index contributed by atoms with van der Waals surface area (Å²) in [6.45, 7) is 15.8. The Bertz CT molecular complexity index is 2960. The van der Waals surface area contributed by atoms with E-state index in [9.17, 15) is 34.7 Å². The molecular formula is C52H58N4O14. The van der Waals surface area contributed by atoms with Crippen LogP contribution in [-0.4, -0.2) is 81.7 Å². The second-order valence-electron chi connectivity index (χ2n) is 19.3. The number of anilines is 1. The van der Waals surface area contributed by atoms with Gasteiger partial charge in [-0.15, -0.1) is 5.73 Å². The Hall–Kier alpha value is -6.85. The first-order chi connectivity index (χ1) is 33.1. The topological polar surface area (TPSA) is 236 Å². The van der Waals surface area contributed by atoms with Crippen molar-refractivity contribution in [3.05, 3.63) is 110 Å². The third kappa shape index (κ3) is 9.07. The highest BCUT2D eigenvalue weighted by Gasteiger charge is 2.51. The number of amides is 1. The minimum Gasteiger partial charge on any atom is -0.507 e. The quantitative estimate of drug-likeness (QED) is 0.0558. The fraction of sp³-hybridized carbons (Fsp3) is 0.462. The molecule has 10 atom stereocenters. The largest absolute Gasteiger partial charge is 0.514 e. The van der Waals surface area contributed by atoms with E-state index in [2.05, 4.69) is 11.0 Å². The molecule has 1 aliphatic carbocycles. The van der Waals surface area contributed by atoms with Gasteiger partial charge in [-0.25, -0.2) is 4.79 Å². The second kappa shape index (κ2) is 18.8. The predicted octanol–water partition coefficient (Wildman–Crippen LogP) is 8.25. The Morgan fingerprint density at radius 2 is 1.63 bits per heavy atom. The number of fused-ring (bicyclic) bond motifs is 9. The van der Waals surface area contributed by atoms with E-state index in [1.807, 2.05) is 45.9 Å². The number of aromatic hydroxyl groups is 2. The Kier molecular flexibility index (Phi) is 13.3. The Balaban J connectivity index is 1.25. The summed E-state index contributed by atoms with van der Waals surface area (Å²) in [6.07, 6.45) is 9.23.